The van der Waals surface area contributed by atoms with Gasteiger partial charge in [0.2, 0.25) is 5.67 Å². The highest BCUT2D eigenvalue weighted by molar-refractivity contribution is 5.88. The molecule has 4 nitrogen and oxygen atoms in total. The third kappa shape index (κ3) is 2.56. The number of hydrogen-bond acceptors (Lipinski definition) is 3. The van der Waals surface area contributed by atoms with E-state index in [-0.39, 0.29) is 13.2 Å². The Hall–Kier alpha value is -1.88. The Morgan fingerprint density at radius 2 is 2.15 bits per heavy atom. The highest BCUT2D eigenvalue weighted by Crippen LogP contribution is 2.47. The van der Waals surface area contributed by atoms with Crippen LogP contribution in [0.1, 0.15) is 49.6 Å². The predicted molar refractivity (Wildman–Crippen MR) is 100 cm³/mol. The van der Waals surface area contributed by atoms with Gasteiger partial charge in [0.15, 0.2) is 0 Å². The van der Waals surface area contributed by atoms with Gasteiger partial charge in [-0.05, 0) is 58.4 Å². The number of carbonyl (C=O) groups is 1. The number of ether oxygens (including phenoxy) is 1. The minimum atomic E-state index is -2.04. The van der Waals surface area contributed by atoms with E-state index in [4.69, 9.17) is 4.74 Å². The Morgan fingerprint density at radius 3 is 2.88 bits per heavy atom. The molecule has 1 saturated heterocycles. The Labute approximate surface area is 153 Å². The molecule has 1 aromatic heterocycles. The van der Waals surface area contributed by atoms with Gasteiger partial charge in [-0.25, -0.2) is 9.18 Å². The molecule has 3 unspecified atom stereocenters. The van der Waals surface area contributed by atoms with Crippen molar-refractivity contribution in [1.29, 1.82) is 0 Å². The molecule has 2 aliphatic heterocycles. The first kappa shape index (κ1) is 17.5. The number of fused-ring (bicyclic) bond motifs is 6. The lowest BCUT2D eigenvalue weighted by Gasteiger charge is -2.33. The molecule has 2 bridgehead atoms. The van der Waals surface area contributed by atoms with Gasteiger partial charge in [0, 0.05) is 35.1 Å². The van der Waals surface area contributed by atoms with E-state index in [2.05, 4.69) is 37.1 Å². The molecule has 0 aliphatic carbocycles. The smallest absolute Gasteiger partial charge is 0.345 e. The summed E-state index contributed by atoms with van der Waals surface area (Å²) in [6.45, 7) is 5.32. The largest absolute Gasteiger partial charge is 0.464 e. The molecule has 4 rings (SSSR count). The number of rotatable bonds is 4. The normalized spacial score (nSPS) is 24.5. The van der Waals surface area contributed by atoms with Crippen molar-refractivity contribution < 1.29 is 13.9 Å². The number of alkyl halides is 1. The maximum Gasteiger partial charge on any atom is 0.345 e. The van der Waals surface area contributed by atoms with Crippen LogP contribution < -0.4 is 0 Å². The maximum atomic E-state index is 15.2. The van der Waals surface area contributed by atoms with Crippen molar-refractivity contribution in [3.05, 3.63) is 35.0 Å². The van der Waals surface area contributed by atoms with Gasteiger partial charge < -0.3 is 9.30 Å². The third-order valence-electron chi connectivity index (χ3n) is 6.13. The third-order valence-corrected chi connectivity index (χ3v) is 6.13. The van der Waals surface area contributed by atoms with E-state index in [0.717, 1.165) is 18.4 Å². The number of nitrogens with zero attached hydrogens (tertiary/aromatic N) is 2. The van der Waals surface area contributed by atoms with Gasteiger partial charge in [-0.2, -0.15) is 0 Å². The second kappa shape index (κ2) is 6.08. The van der Waals surface area contributed by atoms with Crippen LogP contribution in [0.25, 0.3) is 10.9 Å². The van der Waals surface area contributed by atoms with Crippen LogP contribution in [0.2, 0.25) is 0 Å². The summed E-state index contributed by atoms with van der Waals surface area (Å²) in [6, 6.07) is 7.23. The van der Waals surface area contributed by atoms with Crippen molar-refractivity contribution in [2.24, 2.45) is 0 Å². The molecule has 0 saturated carbocycles. The molecular weight excluding hydrogens is 331 g/mol. The molecule has 3 heterocycles. The van der Waals surface area contributed by atoms with Gasteiger partial charge in [0.1, 0.15) is 0 Å². The van der Waals surface area contributed by atoms with Gasteiger partial charge in [-0.15, -0.1) is 0 Å². The molecule has 2 aliphatic rings. The molecule has 26 heavy (non-hydrogen) atoms. The molecule has 1 fully saturated rings. The van der Waals surface area contributed by atoms with Crippen LogP contribution in [0.3, 0.4) is 0 Å². The number of aromatic nitrogens is 1. The van der Waals surface area contributed by atoms with E-state index in [0.29, 0.717) is 12.1 Å². The van der Waals surface area contributed by atoms with Gasteiger partial charge in [-0.1, -0.05) is 11.6 Å². The average Bonchev–Trinajstić information content (AvgIpc) is 2.99. The zero-order valence-corrected chi connectivity index (χ0v) is 16.0. The number of esters is 1. The van der Waals surface area contributed by atoms with Crippen molar-refractivity contribution in [3.8, 4) is 0 Å². The Balaban J connectivity index is 1.86. The lowest BCUT2D eigenvalue weighted by Crippen LogP contribution is -2.39. The Kier molecular flexibility index (Phi) is 4.10. The second-order valence-corrected chi connectivity index (χ2v) is 8.00. The molecule has 3 atom stereocenters. The first-order chi connectivity index (χ1) is 12.3. The summed E-state index contributed by atoms with van der Waals surface area (Å²) in [4.78, 5) is 14.6. The minimum Gasteiger partial charge on any atom is -0.464 e. The van der Waals surface area contributed by atoms with Gasteiger partial charge in [0.05, 0.1) is 13.2 Å². The molecular formula is C21H27FN2O2. The number of halogens is 1. The minimum absolute atomic E-state index is 0.00385. The number of aryl methyl sites for hydroxylation is 1. The van der Waals surface area contributed by atoms with Crippen molar-refractivity contribution in [2.75, 3.05) is 13.7 Å². The van der Waals surface area contributed by atoms with Crippen LogP contribution in [-0.2, 0) is 22.5 Å². The van der Waals surface area contributed by atoms with E-state index < -0.39 is 11.6 Å². The van der Waals surface area contributed by atoms with Crippen molar-refractivity contribution >= 4 is 16.9 Å². The quantitative estimate of drug-likeness (QED) is 0.777. The van der Waals surface area contributed by atoms with Crippen LogP contribution in [0.4, 0.5) is 4.39 Å². The number of likely N-dealkylation sites (N-methyl/N-ethyl adjacent to an activating group) is 1. The standard InChI is InChI=1S/C21H27FN2O2/c1-5-26-20(25)21(3,22)12-24-16-8-6-13(2)10-15(16)19-17-9-7-14(23(17)4)11-18(19)24/h6,8,10,14,17H,5,7,9,11-12H2,1-4H3. The number of carbonyl (C=O) groups excluding carboxylic acids is 1. The Morgan fingerprint density at radius 1 is 1.38 bits per heavy atom. The summed E-state index contributed by atoms with van der Waals surface area (Å²) >= 11 is 0. The molecule has 0 spiro atoms. The summed E-state index contributed by atoms with van der Waals surface area (Å²) in [6.07, 6.45) is 3.23. The highest BCUT2D eigenvalue weighted by atomic mass is 19.1. The van der Waals surface area contributed by atoms with E-state index in [1.54, 1.807) is 6.92 Å². The van der Waals surface area contributed by atoms with Gasteiger partial charge in [-0.3, -0.25) is 4.90 Å². The summed E-state index contributed by atoms with van der Waals surface area (Å²) in [7, 11) is 2.20. The number of benzene rings is 1. The van der Waals surface area contributed by atoms with Gasteiger partial charge >= 0.3 is 5.97 Å². The zero-order chi connectivity index (χ0) is 18.6. The maximum absolute atomic E-state index is 15.2. The van der Waals surface area contributed by atoms with E-state index >= 15 is 4.39 Å². The molecule has 0 radical (unpaired) electrons. The summed E-state index contributed by atoms with van der Waals surface area (Å²) in [5.41, 5.74) is 2.72. The molecule has 0 N–H and O–H groups in total. The van der Waals surface area contributed by atoms with Crippen LogP contribution in [0, 0.1) is 6.92 Å². The van der Waals surface area contributed by atoms with Crippen molar-refractivity contribution in [3.63, 3.8) is 0 Å². The fourth-order valence-electron chi connectivity index (χ4n) is 4.79. The van der Waals surface area contributed by atoms with Crippen LogP contribution in [-0.4, -0.2) is 40.8 Å². The zero-order valence-electron chi connectivity index (χ0n) is 16.0. The van der Waals surface area contributed by atoms with Crippen LogP contribution in [0.15, 0.2) is 18.2 Å². The summed E-state index contributed by atoms with van der Waals surface area (Å²) < 4.78 is 22.2. The molecule has 2 aromatic rings. The number of hydrogen-bond donors (Lipinski definition) is 0. The monoisotopic (exact) mass is 358 g/mol. The fourth-order valence-corrected chi connectivity index (χ4v) is 4.79. The van der Waals surface area contributed by atoms with Crippen LogP contribution >= 0.6 is 0 Å². The van der Waals surface area contributed by atoms with E-state index in [1.807, 2.05) is 4.57 Å². The molecule has 0 amide bonds. The van der Waals surface area contributed by atoms with Crippen molar-refractivity contribution in [2.45, 2.75) is 64.3 Å². The van der Waals surface area contributed by atoms with Gasteiger partial charge in [0.25, 0.3) is 0 Å². The van der Waals surface area contributed by atoms with E-state index in [9.17, 15) is 4.79 Å². The first-order valence-electron chi connectivity index (χ1n) is 9.53. The first-order valence-corrected chi connectivity index (χ1v) is 9.53. The topological polar surface area (TPSA) is 34.5 Å². The van der Waals surface area contributed by atoms with E-state index in [1.165, 1.54) is 35.6 Å². The fraction of sp³-hybridized carbons (Fsp3) is 0.571. The SMILES string of the molecule is CCOC(=O)C(C)(F)Cn1c2c(c3cc(C)ccc31)C1CCC(C2)N1C. The average molecular weight is 358 g/mol. The summed E-state index contributed by atoms with van der Waals surface area (Å²) in [5.74, 6) is -0.779. The predicted octanol–water partition coefficient (Wildman–Crippen LogP) is 3.93. The second-order valence-electron chi connectivity index (χ2n) is 8.00. The highest BCUT2D eigenvalue weighted by Gasteiger charge is 2.43. The lowest BCUT2D eigenvalue weighted by atomic mass is 9.97. The van der Waals surface area contributed by atoms with Crippen LogP contribution in [0.5, 0.6) is 0 Å². The molecule has 5 heteroatoms. The summed E-state index contributed by atoms with van der Waals surface area (Å²) in [5, 5.41) is 1.21. The molecule has 140 valence electrons. The molecule has 1 aromatic carbocycles. The lowest BCUT2D eigenvalue weighted by molar-refractivity contribution is -0.157. The van der Waals surface area contributed by atoms with Crippen molar-refractivity contribution in [1.82, 2.24) is 9.47 Å². The Bertz CT molecular complexity index is 871.